The SMILES string of the molecule is Clc1cccc(Cn2nc(CNCCCOc3ccccn3)c(-c3ccccc3)n2)c1. The minimum Gasteiger partial charge on any atom is -0.478 e. The molecule has 158 valence electrons. The molecule has 4 aromatic rings. The number of nitrogens with zero attached hydrogens (tertiary/aromatic N) is 4. The van der Waals surface area contributed by atoms with Gasteiger partial charge in [-0.15, -0.1) is 0 Å². The minimum absolute atomic E-state index is 0.568. The molecule has 0 aliphatic carbocycles. The Bertz CT molecular complexity index is 1090. The third kappa shape index (κ3) is 6.13. The lowest BCUT2D eigenvalue weighted by molar-refractivity contribution is 0.296. The average Bonchev–Trinajstić information content (AvgIpc) is 3.20. The van der Waals surface area contributed by atoms with Gasteiger partial charge in [0.2, 0.25) is 5.88 Å². The first kappa shape index (κ1) is 21.0. The van der Waals surface area contributed by atoms with Crippen molar-refractivity contribution in [3.63, 3.8) is 0 Å². The molecular weight excluding hydrogens is 410 g/mol. The van der Waals surface area contributed by atoms with Crippen molar-refractivity contribution in [1.29, 1.82) is 0 Å². The van der Waals surface area contributed by atoms with E-state index in [1.165, 1.54) is 0 Å². The maximum absolute atomic E-state index is 6.12. The van der Waals surface area contributed by atoms with Crippen molar-refractivity contribution in [3.8, 4) is 17.1 Å². The van der Waals surface area contributed by atoms with Crippen molar-refractivity contribution in [2.45, 2.75) is 19.5 Å². The molecule has 6 nitrogen and oxygen atoms in total. The van der Waals surface area contributed by atoms with Crippen LogP contribution in [-0.2, 0) is 13.1 Å². The van der Waals surface area contributed by atoms with Crippen LogP contribution >= 0.6 is 11.6 Å². The van der Waals surface area contributed by atoms with Crippen molar-refractivity contribution < 1.29 is 4.74 Å². The van der Waals surface area contributed by atoms with Gasteiger partial charge in [-0.2, -0.15) is 15.0 Å². The Kier molecular flexibility index (Phi) is 7.26. The van der Waals surface area contributed by atoms with Gasteiger partial charge in [0.25, 0.3) is 0 Å². The summed E-state index contributed by atoms with van der Waals surface area (Å²) in [6, 6.07) is 23.5. The maximum Gasteiger partial charge on any atom is 0.213 e. The van der Waals surface area contributed by atoms with E-state index in [0.29, 0.717) is 30.6 Å². The number of ether oxygens (including phenoxy) is 1. The lowest BCUT2D eigenvalue weighted by atomic mass is 10.1. The van der Waals surface area contributed by atoms with Crippen LogP contribution in [0.15, 0.2) is 79.0 Å². The summed E-state index contributed by atoms with van der Waals surface area (Å²) >= 11 is 6.12. The average molecular weight is 434 g/mol. The van der Waals surface area contributed by atoms with Gasteiger partial charge in [-0.3, -0.25) is 0 Å². The molecule has 0 atom stereocenters. The third-order valence-corrected chi connectivity index (χ3v) is 4.90. The highest BCUT2D eigenvalue weighted by molar-refractivity contribution is 6.30. The summed E-state index contributed by atoms with van der Waals surface area (Å²) in [6.07, 6.45) is 2.60. The fourth-order valence-corrected chi connectivity index (χ4v) is 3.42. The predicted molar refractivity (Wildman–Crippen MR) is 122 cm³/mol. The zero-order valence-corrected chi connectivity index (χ0v) is 17.9. The topological polar surface area (TPSA) is 64.9 Å². The molecule has 1 N–H and O–H groups in total. The first-order valence-corrected chi connectivity index (χ1v) is 10.6. The number of benzene rings is 2. The van der Waals surface area contributed by atoms with E-state index in [9.17, 15) is 0 Å². The monoisotopic (exact) mass is 433 g/mol. The second-order valence-electron chi connectivity index (χ2n) is 7.07. The van der Waals surface area contributed by atoms with E-state index in [1.807, 2.05) is 60.7 Å². The zero-order chi connectivity index (χ0) is 21.3. The van der Waals surface area contributed by atoms with Gasteiger partial charge in [-0.1, -0.05) is 60.1 Å². The first-order chi connectivity index (χ1) is 15.3. The van der Waals surface area contributed by atoms with E-state index in [-0.39, 0.29) is 0 Å². The molecule has 0 radical (unpaired) electrons. The van der Waals surface area contributed by atoms with Gasteiger partial charge in [0, 0.05) is 29.4 Å². The molecule has 0 aliphatic heterocycles. The van der Waals surface area contributed by atoms with Gasteiger partial charge in [0.15, 0.2) is 0 Å². The second-order valence-corrected chi connectivity index (χ2v) is 7.50. The van der Waals surface area contributed by atoms with Gasteiger partial charge in [0.1, 0.15) is 11.4 Å². The van der Waals surface area contributed by atoms with E-state index < -0.39 is 0 Å². The summed E-state index contributed by atoms with van der Waals surface area (Å²) in [5, 5.41) is 13.6. The van der Waals surface area contributed by atoms with Crippen LogP contribution in [0.3, 0.4) is 0 Å². The smallest absolute Gasteiger partial charge is 0.213 e. The third-order valence-electron chi connectivity index (χ3n) is 4.66. The fourth-order valence-electron chi connectivity index (χ4n) is 3.20. The van der Waals surface area contributed by atoms with E-state index >= 15 is 0 Å². The molecule has 0 spiro atoms. The van der Waals surface area contributed by atoms with Crippen LogP contribution in [0.5, 0.6) is 5.88 Å². The number of pyridine rings is 1. The van der Waals surface area contributed by atoms with Crippen molar-refractivity contribution in [2.24, 2.45) is 0 Å². The maximum atomic E-state index is 6.12. The van der Waals surface area contributed by atoms with Crippen molar-refractivity contribution >= 4 is 11.6 Å². The molecule has 0 amide bonds. The van der Waals surface area contributed by atoms with Crippen LogP contribution in [0.1, 0.15) is 17.7 Å². The number of halogens is 1. The number of rotatable bonds is 10. The Morgan fingerprint density at radius 2 is 1.81 bits per heavy atom. The second kappa shape index (κ2) is 10.7. The molecule has 2 aromatic carbocycles. The first-order valence-electron chi connectivity index (χ1n) is 10.3. The molecule has 4 rings (SSSR count). The van der Waals surface area contributed by atoms with Crippen LogP contribution in [0.2, 0.25) is 5.02 Å². The predicted octanol–water partition coefficient (Wildman–Crippen LogP) is 4.60. The van der Waals surface area contributed by atoms with Gasteiger partial charge >= 0.3 is 0 Å². The van der Waals surface area contributed by atoms with E-state index in [2.05, 4.69) is 22.4 Å². The lowest BCUT2D eigenvalue weighted by Gasteiger charge is -2.06. The fraction of sp³-hybridized carbons (Fsp3) is 0.208. The highest BCUT2D eigenvalue weighted by Gasteiger charge is 2.13. The Balaban J connectivity index is 1.37. The Hall–Kier alpha value is -3.22. The Morgan fingerprint density at radius 1 is 0.935 bits per heavy atom. The number of aromatic nitrogens is 4. The number of hydrogen-bond donors (Lipinski definition) is 1. The molecule has 0 unspecified atom stereocenters. The van der Waals surface area contributed by atoms with Crippen LogP contribution < -0.4 is 10.1 Å². The van der Waals surface area contributed by atoms with Crippen molar-refractivity contribution in [2.75, 3.05) is 13.2 Å². The van der Waals surface area contributed by atoms with Gasteiger partial charge in [-0.25, -0.2) is 4.98 Å². The molecule has 7 heteroatoms. The Labute approximate surface area is 186 Å². The molecule has 2 heterocycles. The summed E-state index contributed by atoms with van der Waals surface area (Å²) in [5.41, 5.74) is 3.92. The molecule has 0 bridgehead atoms. The van der Waals surface area contributed by atoms with Crippen molar-refractivity contribution in [1.82, 2.24) is 25.3 Å². The van der Waals surface area contributed by atoms with Crippen LogP contribution in [-0.4, -0.2) is 33.1 Å². The Morgan fingerprint density at radius 3 is 2.61 bits per heavy atom. The van der Waals surface area contributed by atoms with Gasteiger partial charge in [-0.05, 0) is 36.7 Å². The highest BCUT2D eigenvalue weighted by Crippen LogP contribution is 2.20. The van der Waals surface area contributed by atoms with Gasteiger partial charge < -0.3 is 10.1 Å². The van der Waals surface area contributed by atoms with E-state index in [1.54, 1.807) is 11.0 Å². The lowest BCUT2D eigenvalue weighted by Crippen LogP contribution is -2.18. The summed E-state index contributed by atoms with van der Waals surface area (Å²) in [5.74, 6) is 0.651. The van der Waals surface area contributed by atoms with Gasteiger partial charge in [0.05, 0.1) is 13.2 Å². The highest BCUT2D eigenvalue weighted by atomic mass is 35.5. The van der Waals surface area contributed by atoms with E-state index in [4.69, 9.17) is 26.5 Å². The summed E-state index contributed by atoms with van der Waals surface area (Å²) < 4.78 is 5.64. The largest absolute Gasteiger partial charge is 0.478 e. The number of hydrogen-bond acceptors (Lipinski definition) is 5. The van der Waals surface area contributed by atoms with Crippen LogP contribution in [0.25, 0.3) is 11.3 Å². The molecule has 0 saturated heterocycles. The molecule has 31 heavy (non-hydrogen) atoms. The standard InChI is InChI=1S/C24H24ClN5O/c25-21-11-6-8-19(16-21)18-30-28-22(24(29-30)20-9-2-1-3-10-20)17-26-13-7-15-31-23-12-4-5-14-27-23/h1-6,8-12,14,16,26H,7,13,15,17-18H2. The van der Waals surface area contributed by atoms with Crippen LogP contribution in [0, 0.1) is 0 Å². The summed E-state index contributed by atoms with van der Waals surface area (Å²) in [6.45, 7) is 2.61. The normalized spacial score (nSPS) is 10.9. The summed E-state index contributed by atoms with van der Waals surface area (Å²) in [4.78, 5) is 5.89. The molecule has 0 saturated carbocycles. The van der Waals surface area contributed by atoms with Crippen molar-refractivity contribution in [3.05, 3.63) is 95.3 Å². The quantitative estimate of drug-likeness (QED) is 0.370. The minimum atomic E-state index is 0.568. The molecule has 0 aliphatic rings. The van der Waals surface area contributed by atoms with E-state index in [0.717, 1.165) is 35.5 Å². The number of nitrogens with one attached hydrogen (secondary N) is 1. The molecule has 0 fully saturated rings. The zero-order valence-electron chi connectivity index (χ0n) is 17.1. The summed E-state index contributed by atoms with van der Waals surface area (Å²) in [7, 11) is 0. The van der Waals surface area contributed by atoms with Crippen LogP contribution in [0.4, 0.5) is 0 Å². The molecule has 2 aromatic heterocycles. The molecular formula is C24H24ClN5O.